The zero-order chi connectivity index (χ0) is 23.5. The van der Waals surface area contributed by atoms with Crippen molar-refractivity contribution in [3.8, 4) is 11.3 Å². The number of aromatic nitrogens is 1. The van der Waals surface area contributed by atoms with Crippen LogP contribution in [0.4, 0.5) is 0 Å². The average Bonchev–Trinajstić information content (AvgIpc) is 3.48. The summed E-state index contributed by atoms with van der Waals surface area (Å²) in [6.45, 7) is 4.93. The van der Waals surface area contributed by atoms with E-state index in [0.717, 1.165) is 50.8 Å². The van der Waals surface area contributed by atoms with Crippen molar-refractivity contribution in [2.45, 2.75) is 12.1 Å². The number of benzene rings is 1. The molecule has 0 spiro atoms. The molecule has 176 valence electrons. The first-order chi connectivity index (χ1) is 16.6. The Morgan fingerprint density at radius 2 is 1.97 bits per heavy atom. The largest absolute Gasteiger partial charge is 0.478 e. The maximum absolute atomic E-state index is 11.4. The predicted molar refractivity (Wildman–Crippen MR) is 131 cm³/mol. The second-order valence-corrected chi connectivity index (χ2v) is 8.75. The Balaban J connectivity index is 1.45. The van der Waals surface area contributed by atoms with Gasteiger partial charge in [0, 0.05) is 37.9 Å². The molecule has 0 bridgehead atoms. The monoisotopic (exact) mass is 478 g/mol. The first-order valence-electron chi connectivity index (χ1n) is 11.3. The second-order valence-electron chi connectivity index (χ2n) is 8.36. The number of ether oxygens (including phenoxy) is 1. The lowest BCUT2D eigenvalue weighted by atomic mass is 10.0. The minimum Gasteiger partial charge on any atom is -0.478 e. The summed E-state index contributed by atoms with van der Waals surface area (Å²) in [4.78, 5) is 20.5. The van der Waals surface area contributed by atoms with Crippen LogP contribution < -0.4 is 5.32 Å². The smallest absolute Gasteiger partial charge is 0.335 e. The van der Waals surface area contributed by atoms with Gasteiger partial charge in [-0.1, -0.05) is 18.2 Å². The summed E-state index contributed by atoms with van der Waals surface area (Å²) in [5.41, 5.74) is 1.82. The van der Waals surface area contributed by atoms with Crippen molar-refractivity contribution >= 4 is 23.3 Å². The fourth-order valence-electron chi connectivity index (χ4n) is 4.50. The van der Waals surface area contributed by atoms with Crippen molar-refractivity contribution in [3.05, 3.63) is 77.8 Å². The molecule has 2 aliphatic rings. The van der Waals surface area contributed by atoms with Crippen LogP contribution in [0.15, 0.2) is 65.2 Å². The number of nitrogens with one attached hydrogen (secondary N) is 1. The van der Waals surface area contributed by atoms with Crippen molar-refractivity contribution in [2.75, 3.05) is 39.4 Å². The van der Waals surface area contributed by atoms with Gasteiger partial charge in [0.05, 0.1) is 30.5 Å². The highest BCUT2D eigenvalue weighted by molar-refractivity contribution is 7.80. The molecule has 2 saturated heterocycles. The van der Waals surface area contributed by atoms with E-state index in [0.29, 0.717) is 16.4 Å². The second kappa shape index (κ2) is 9.92. The SMILES string of the molecule is O=C(O)c1cccc(-c2ccc([C@H]3[C@H](c4ccccn4)NC(=S)N3CCN3CCOCC3)o2)c1. The van der Waals surface area contributed by atoms with Crippen molar-refractivity contribution < 1.29 is 19.1 Å². The molecular formula is C25H26N4O4S. The van der Waals surface area contributed by atoms with Gasteiger partial charge in [0.2, 0.25) is 0 Å². The number of pyridine rings is 1. The van der Waals surface area contributed by atoms with Crippen molar-refractivity contribution in [1.29, 1.82) is 0 Å². The highest BCUT2D eigenvalue weighted by Crippen LogP contribution is 2.40. The lowest BCUT2D eigenvalue weighted by molar-refractivity contribution is 0.0347. The van der Waals surface area contributed by atoms with Gasteiger partial charge in [-0.3, -0.25) is 9.88 Å². The molecule has 2 fully saturated rings. The van der Waals surface area contributed by atoms with Gasteiger partial charge in [-0.2, -0.15) is 0 Å². The molecule has 0 unspecified atom stereocenters. The van der Waals surface area contributed by atoms with Gasteiger partial charge in [-0.15, -0.1) is 0 Å². The summed E-state index contributed by atoms with van der Waals surface area (Å²) in [5, 5.41) is 13.5. The Hall–Kier alpha value is -3.27. The average molecular weight is 479 g/mol. The van der Waals surface area contributed by atoms with Gasteiger partial charge >= 0.3 is 5.97 Å². The lowest BCUT2D eigenvalue weighted by Crippen LogP contribution is -2.42. The quantitative estimate of drug-likeness (QED) is 0.496. The lowest BCUT2D eigenvalue weighted by Gasteiger charge is -2.31. The van der Waals surface area contributed by atoms with Crippen molar-refractivity contribution in [1.82, 2.24) is 20.1 Å². The van der Waals surface area contributed by atoms with E-state index in [-0.39, 0.29) is 17.6 Å². The predicted octanol–water partition coefficient (Wildman–Crippen LogP) is 3.34. The molecule has 2 aromatic heterocycles. The van der Waals surface area contributed by atoms with E-state index < -0.39 is 5.97 Å². The number of carbonyl (C=O) groups is 1. The van der Waals surface area contributed by atoms with Crippen LogP contribution in [0.5, 0.6) is 0 Å². The Morgan fingerprint density at radius 1 is 1.12 bits per heavy atom. The number of hydrogen-bond acceptors (Lipinski definition) is 6. The molecule has 2 N–H and O–H groups in total. The summed E-state index contributed by atoms with van der Waals surface area (Å²) in [6.07, 6.45) is 1.78. The van der Waals surface area contributed by atoms with Gasteiger partial charge in [0.15, 0.2) is 5.11 Å². The number of morpholine rings is 1. The van der Waals surface area contributed by atoms with E-state index in [1.54, 1.807) is 24.4 Å². The number of carboxylic acids is 1. The third-order valence-electron chi connectivity index (χ3n) is 6.27. The molecule has 34 heavy (non-hydrogen) atoms. The minimum absolute atomic E-state index is 0.164. The van der Waals surface area contributed by atoms with Crippen LogP contribution in [0.1, 0.15) is 33.9 Å². The van der Waals surface area contributed by atoms with E-state index in [9.17, 15) is 9.90 Å². The molecular weight excluding hydrogens is 452 g/mol. The number of nitrogens with zero attached hydrogens (tertiary/aromatic N) is 3. The Kier molecular flexibility index (Phi) is 6.57. The molecule has 1 aromatic carbocycles. The molecule has 0 radical (unpaired) electrons. The molecule has 4 heterocycles. The molecule has 0 saturated carbocycles. The highest BCUT2D eigenvalue weighted by Gasteiger charge is 2.41. The van der Waals surface area contributed by atoms with Gasteiger partial charge in [0.1, 0.15) is 17.6 Å². The van der Waals surface area contributed by atoms with Crippen LogP contribution >= 0.6 is 12.2 Å². The fraction of sp³-hybridized carbons (Fsp3) is 0.320. The number of thiocarbonyl (C=S) groups is 1. The van der Waals surface area contributed by atoms with Crippen LogP contribution in [0.25, 0.3) is 11.3 Å². The van der Waals surface area contributed by atoms with Crippen LogP contribution in [0.2, 0.25) is 0 Å². The molecule has 0 amide bonds. The Bertz CT molecular complexity index is 1160. The van der Waals surface area contributed by atoms with Crippen molar-refractivity contribution in [3.63, 3.8) is 0 Å². The minimum atomic E-state index is -0.969. The summed E-state index contributed by atoms with van der Waals surface area (Å²) < 4.78 is 11.8. The molecule has 5 rings (SSSR count). The maximum Gasteiger partial charge on any atom is 0.335 e. The fourth-order valence-corrected chi connectivity index (χ4v) is 4.83. The third kappa shape index (κ3) is 4.68. The standard InChI is InChI=1S/C25H26N4O4S/c30-24(31)18-5-3-4-17(16-18)20-7-8-21(33-20)23-22(19-6-1-2-9-26-19)27-25(34)29(23)11-10-28-12-14-32-15-13-28/h1-9,16,22-23H,10-15H2,(H,27,34)(H,30,31)/t22-,23-/m0/s1. The molecule has 8 nitrogen and oxygen atoms in total. The molecule has 3 aromatic rings. The molecule has 9 heteroatoms. The van der Waals surface area contributed by atoms with Crippen molar-refractivity contribution in [2.24, 2.45) is 0 Å². The topological polar surface area (TPSA) is 91.1 Å². The van der Waals surface area contributed by atoms with Gasteiger partial charge < -0.3 is 24.5 Å². The Labute approximate surface area is 203 Å². The van der Waals surface area contributed by atoms with E-state index in [1.807, 2.05) is 36.4 Å². The molecule has 0 aliphatic carbocycles. The van der Waals surface area contributed by atoms with Crippen LogP contribution in [-0.4, -0.2) is 70.4 Å². The normalized spacial score (nSPS) is 20.9. The van der Waals surface area contributed by atoms with E-state index in [1.165, 1.54) is 0 Å². The maximum atomic E-state index is 11.4. The number of carboxylic acid groups (broad SMARTS) is 1. The van der Waals surface area contributed by atoms with E-state index >= 15 is 0 Å². The van der Waals surface area contributed by atoms with Gasteiger partial charge in [-0.05, 0) is 48.6 Å². The van der Waals surface area contributed by atoms with Crippen LogP contribution in [0, 0.1) is 0 Å². The first kappa shape index (κ1) is 22.5. The van der Waals surface area contributed by atoms with E-state index in [4.69, 9.17) is 21.4 Å². The number of rotatable bonds is 7. The molecule has 2 atom stereocenters. The molecule has 2 aliphatic heterocycles. The zero-order valence-corrected chi connectivity index (χ0v) is 19.4. The summed E-state index contributed by atoms with van der Waals surface area (Å²) in [7, 11) is 0. The van der Waals surface area contributed by atoms with Crippen LogP contribution in [0.3, 0.4) is 0 Å². The highest BCUT2D eigenvalue weighted by atomic mass is 32.1. The third-order valence-corrected chi connectivity index (χ3v) is 6.62. The van der Waals surface area contributed by atoms with E-state index in [2.05, 4.69) is 20.1 Å². The summed E-state index contributed by atoms with van der Waals surface area (Å²) in [6, 6.07) is 16.1. The number of aromatic carboxylic acids is 1. The number of furan rings is 1. The summed E-state index contributed by atoms with van der Waals surface area (Å²) >= 11 is 5.74. The Morgan fingerprint density at radius 3 is 2.74 bits per heavy atom. The zero-order valence-electron chi connectivity index (χ0n) is 18.6. The number of hydrogen-bond donors (Lipinski definition) is 2. The first-order valence-corrected chi connectivity index (χ1v) is 11.7. The van der Waals surface area contributed by atoms with Crippen LogP contribution in [-0.2, 0) is 4.74 Å². The summed E-state index contributed by atoms with van der Waals surface area (Å²) in [5.74, 6) is 0.396. The van der Waals surface area contributed by atoms with Gasteiger partial charge in [0.25, 0.3) is 0 Å². The van der Waals surface area contributed by atoms with Gasteiger partial charge in [-0.25, -0.2) is 4.79 Å².